The van der Waals surface area contributed by atoms with Crippen LogP contribution in [0.2, 0.25) is 5.02 Å². The largest absolute Gasteiger partial charge is 0.399 e. The third-order valence-corrected chi connectivity index (χ3v) is 2.39. The minimum absolute atomic E-state index is 0.360. The van der Waals surface area contributed by atoms with Gasteiger partial charge in [-0.05, 0) is 12.1 Å². The van der Waals surface area contributed by atoms with Gasteiger partial charge in [-0.3, -0.25) is 0 Å². The van der Waals surface area contributed by atoms with Crippen LogP contribution < -0.4 is 5.73 Å². The number of nitrogen functional groups attached to an aromatic ring is 1. The quantitative estimate of drug-likeness (QED) is 0.617. The van der Waals surface area contributed by atoms with Crippen LogP contribution in [0.15, 0.2) is 18.2 Å². The van der Waals surface area contributed by atoms with E-state index in [1.54, 1.807) is 12.1 Å². The smallest absolute Gasteiger partial charge is 0.137 e. The Labute approximate surface area is 91.2 Å². The monoisotopic (exact) mass is 239 g/mol. The first kappa shape index (κ1) is 10.9. The normalized spacial score (nSPS) is 13.3. The lowest BCUT2D eigenvalue weighted by atomic mass is 10.1. The van der Waals surface area contributed by atoms with E-state index in [0.29, 0.717) is 16.3 Å². The second-order valence-electron chi connectivity index (χ2n) is 2.56. The summed E-state index contributed by atoms with van der Waals surface area (Å²) < 4.78 is 0. The summed E-state index contributed by atoms with van der Waals surface area (Å²) in [6.07, 6.45) is -0.989. The van der Waals surface area contributed by atoms with E-state index in [0.717, 1.165) is 0 Å². The molecule has 0 unspecified atom stereocenters. The second-order valence-corrected chi connectivity index (χ2v) is 4.13. The van der Waals surface area contributed by atoms with Crippen molar-refractivity contribution in [2.24, 2.45) is 0 Å². The number of aliphatic hydroxyl groups is 1. The van der Waals surface area contributed by atoms with Crippen molar-refractivity contribution in [1.82, 2.24) is 0 Å². The molecular formula is C8H8Cl3NO. The molecule has 2 nitrogen and oxygen atoms in total. The summed E-state index contributed by atoms with van der Waals surface area (Å²) in [5.41, 5.74) is 6.48. The highest BCUT2D eigenvalue weighted by Crippen LogP contribution is 2.30. The van der Waals surface area contributed by atoms with Gasteiger partial charge in [-0.2, -0.15) is 0 Å². The molecule has 1 aromatic rings. The maximum Gasteiger partial charge on any atom is 0.137 e. The summed E-state index contributed by atoms with van der Waals surface area (Å²) in [5, 5.41) is 9.84. The van der Waals surface area contributed by atoms with Crippen molar-refractivity contribution >= 4 is 40.5 Å². The lowest BCUT2D eigenvalue weighted by Crippen LogP contribution is -2.06. The van der Waals surface area contributed by atoms with Crippen LogP contribution in [0.1, 0.15) is 11.7 Å². The Morgan fingerprint density at radius 1 is 1.31 bits per heavy atom. The molecule has 5 heteroatoms. The summed E-state index contributed by atoms with van der Waals surface area (Å²) in [6.45, 7) is 0. The van der Waals surface area contributed by atoms with Gasteiger partial charge in [0.15, 0.2) is 0 Å². The number of nitrogens with two attached hydrogens (primary N) is 1. The van der Waals surface area contributed by atoms with Crippen molar-refractivity contribution in [1.29, 1.82) is 0 Å². The van der Waals surface area contributed by atoms with Gasteiger partial charge < -0.3 is 10.8 Å². The van der Waals surface area contributed by atoms with Gasteiger partial charge in [-0.1, -0.05) is 17.7 Å². The SMILES string of the molecule is Nc1ccc([C@@H](O)C(Cl)Cl)c(Cl)c1. The zero-order chi connectivity index (χ0) is 10.0. The van der Waals surface area contributed by atoms with E-state index in [1.807, 2.05) is 0 Å². The molecule has 72 valence electrons. The summed E-state index contributed by atoms with van der Waals surface area (Å²) in [5.74, 6) is 0. The number of benzene rings is 1. The molecule has 0 amide bonds. The van der Waals surface area contributed by atoms with E-state index in [-0.39, 0.29) is 0 Å². The Bertz CT molecular complexity index is 303. The Balaban J connectivity index is 3.01. The minimum atomic E-state index is -0.989. The molecule has 0 aromatic heterocycles. The number of halogens is 3. The maximum absolute atomic E-state index is 9.48. The molecule has 0 spiro atoms. The van der Waals surface area contributed by atoms with Crippen molar-refractivity contribution in [3.63, 3.8) is 0 Å². The van der Waals surface area contributed by atoms with Crippen molar-refractivity contribution in [3.8, 4) is 0 Å². The Morgan fingerprint density at radius 3 is 2.38 bits per heavy atom. The fourth-order valence-electron chi connectivity index (χ4n) is 0.919. The highest BCUT2D eigenvalue weighted by atomic mass is 35.5. The van der Waals surface area contributed by atoms with Crippen LogP contribution in [0.25, 0.3) is 0 Å². The van der Waals surface area contributed by atoms with Crippen LogP contribution >= 0.6 is 34.8 Å². The highest BCUT2D eigenvalue weighted by Gasteiger charge is 2.18. The number of anilines is 1. The van der Waals surface area contributed by atoms with E-state index >= 15 is 0 Å². The molecule has 13 heavy (non-hydrogen) atoms. The molecule has 1 atom stereocenters. The third kappa shape index (κ3) is 2.64. The van der Waals surface area contributed by atoms with Crippen molar-refractivity contribution in [2.45, 2.75) is 10.9 Å². The molecule has 0 saturated carbocycles. The summed E-state index contributed by atoms with van der Waals surface area (Å²) in [6, 6.07) is 4.76. The topological polar surface area (TPSA) is 46.2 Å². The molecule has 0 aliphatic heterocycles. The van der Waals surface area contributed by atoms with Gasteiger partial charge in [0.2, 0.25) is 0 Å². The number of hydrogen-bond donors (Lipinski definition) is 2. The van der Waals surface area contributed by atoms with Crippen molar-refractivity contribution in [2.75, 3.05) is 5.73 Å². The van der Waals surface area contributed by atoms with E-state index < -0.39 is 10.9 Å². The highest BCUT2D eigenvalue weighted by molar-refractivity contribution is 6.44. The zero-order valence-corrected chi connectivity index (χ0v) is 8.81. The molecule has 0 radical (unpaired) electrons. The van der Waals surface area contributed by atoms with E-state index in [4.69, 9.17) is 40.5 Å². The molecule has 0 bridgehead atoms. The fourth-order valence-corrected chi connectivity index (χ4v) is 1.49. The second kappa shape index (κ2) is 4.38. The van der Waals surface area contributed by atoms with E-state index in [1.165, 1.54) is 6.07 Å². The van der Waals surface area contributed by atoms with Crippen LogP contribution in [0, 0.1) is 0 Å². The third-order valence-electron chi connectivity index (χ3n) is 1.58. The van der Waals surface area contributed by atoms with Gasteiger partial charge in [0.05, 0.1) is 0 Å². The molecule has 0 saturated heterocycles. The lowest BCUT2D eigenvalue weighted by Gasteiger charge is -2.13. The van der Waals surface area contributed by atoms with Gasteiger partial charge >= 0.3 is 0 Å². The predicted molar refractivity (Wildman–Crippen MR) is 56.3 cm³/mol. The molecule has 1 rings (SSSR count). The van der Waals surface area contributed by atoms with Crippen molar-refractivity contribution in [3.05, 3.63) is 28.8 Å². The predicted octanol–water partition coefficient (Wildman–Crippen LogP) is 2.76. The van der Waals surface area contributed by atoms with Crippen LogP contribution in [-0.4, -0.2) is 9.94 Å². The molecule has 0 fully saturated rings. The van der Waals surface area contributed by atoms with Crippen LogP contribution in [0.3, 0.4) is 0 Å². The maximum atomic E-state index is 9.48. The van der Waals surface area contributed by atoms with Crippen molar-refractivity contribution < 1.29 is 5.11 Å². The summed E-state index contributed by atoms with van der Waals surface area (Å²) in [7, 11) is 0. The van der Waals surface area contributed by atoms with Gasteiger partial charge in [0.25, 0.3) is 0 Å². The molecule has 0 aliphatic rings. The number of alkyl halides is 2. The van der Waals surface area contributed by atoms with Crippen LogP contribution in [0.5, 0.6) is 0 Å². The molecule has 3 N–H and O–H groups in total. The lowest BCUT2D eigenvalue weighted by molar-refractivity contribution is 0.193. The Kier molecular flexibility index (Phi) is 3.68. The molecule has 0 heterocycles. The fraction of sp³-hybridized carbons (Fsp3) is 0.250. The van der Waals surface area contributed by atoms with Gasteiger partial charge in [0.1, 0.15) is 10.9 Å². The summed E-state index contributed by atoms with van der Waals surface area (Å²) in [4.78, 5) is -0.902. The van der Waals surface area contributed by atoms with Gasteiger partial charge in [-0.15, -0.1) is 23.2 Å². The van der Waals surface area contributed by atoms with E-state index in [9.17, 15) is 5.11 Å². The van der Waals surface area contributed by atoms with Crippen LogP contribution in [-0.2, 0) is 0 Å². The summed E-state index contributed by atoms with van der Waals surface area (Å²) >= 11 is 16.8. The first-order chi connectivity index (χ1) is 6.02. The zero-order valence-electron chi connectivity index (χ0n) is 6.55. The average Bonchev–Trinajstić information content (AvgIpc) is 2.03. The number of hydrogen-bond acceptors (Lipinski definition) is 2. The molecular weight excluding hydrogens is 232 g/mol. The van der Waals surface area contributed by atoms with E-state index in [2.05, 4.69) is 0 Å². The minimum Gasteiger partial charge on any atom is -0.399 e. The van der Waals surface area contributed by atoms with Gasteiger partial charge in [0, 0.05) is 16.3 Å². The number of aliphatic hydroxyl groups excluding tert-OH is 1. The average molecular weight is 241 g/mol. The molecule has 0 aliphatic carbocycles. The first-order valence-corrected chi connectivity index (χ1v) is 4.78. The van der Waals surface area contributed by atoms with Crippen LogP contribution in [0.4, 0.5) is 5.69 Å². The standard InChI is InChI=1S/C8H8Cl3NO/c9-6-3-4(12)1-2-5(6)7(13)8(10)11/h1-3,7-8,13H,12H2/t7-/m1/s1. The number of rotatable bonds is 2. The Hall–Kier alpha value is -0.150. The Morgan fingerprint density at radius 2 is 1.92 bits per heavy atom. The first-order valence-electron chi connectivity index (χ1n) is 3.53. The van der Waals surface area contributed by atoms with Gasteiger partial charge in [-0.25, -0.2) is 0 Å². The molecule has 1 aromatic carbocycles.